The minimum atomic E-state index is -0.693. The van der Waals surface area contributed by atoms with Gasteiger partial charge in [-0.25, -0.2) is 0 Å². The summed E-state index contributed by atoms with van der Waals surface area (Å²) in [7, 11) is 1.49. The molecule has 6 nitrogen and oxygen atoms in total. The highest BCUT2D eigenvalue weighted by Gasteiger charge is 2.19. The Morgan fingerprint density at radius 1 is 1.41 bits per heavy atom. The highest BCUT2D eigenvalue weighted by atomic mass is 16.3. The summed E-state index contributed by atoms with van der Waals surface area (Å²) >= 11 is 0. The van der Waals surface area contributed by atoms with E-state index in [4.69, 9.17) is 5.11 Å². The lowest BCUT2D eigenvalue weighted by atomic mass is 10.1. The fourth-order valence-electron chi connectivity index (χ4n) is 1.38. The van der Waals surface area contributed by atoms with E-state index >= 15 is 0 Å². The van der Waals surface area contributed by atoms with Gasteiger partial charge in [0.05, 0.1) is 0 Å². The van der Waals surface area contributed by atoms with Crippen molar-refractivity contribution in [2.75, 3.05) is 13.7 Å². The summed E-state index contributed by atoms with van der Waals surface area (Å²) in [6.45, 7) is -0.635. The van der Waals surface area contributed by atoms with E-state index in [-0.39, 0.29) is 5.91 Å². The maximum absolute atomic E-state index is 11.5. The number of carbonyl (C=O) groups is 2. The molecule has 0 unspecified atom stereocenters. The first-order valence-electron chi connectivity index (χ1n) is 5.18. The monoisotopic (exact) mass is 237 g/mol. The summed E-state index contributed by atoms with van der Waals surface area (Å²) in [5.41, 5.74) is 0.881. The van der Waals surface area contributed by atoms with Crippen molar-refractivity contribution in [3.8, 4) is 0 Å². The Bertz CT molecular complexity index is 381. The Hall–Kier alpha value is -1.95. The molecular formula is C11H15N3O3. The van der Waals surface area contributed by atoms with Gasteiger partial charge in [-0.2, -0.15) is 0 Å². The number of hydrogen-bond donors (Lipinski definition) is 3. The maximum Gasteiger partial charge on any atom is 0.246 e. The van der Waals surface area contributed by atoms with Gasteiger partial charge in [-0.3, -0.25) is 14.6 Å². The summed E-state index contributed by atoms with van der Waals surface area (Å²) in [5, 5.41) is 13.6. The smallest absolute Gasteiger partial charge is 0.246 e. The molecule has 1 aromatic heterocycles. The van der Waals surface area contributed by atoms with Crippen molar-refractivity contribution in [1.82, 2.24) is 15.6 Å². The van der Waals surface area contributed by atoms with E-state index < -0.39 is 18.6 Å². The standard InChI is InChI=1S/C11H15N3O3/c1-12-11(17)9(14-10(16)7-15)6-8-2-4-13-5-3-8/h2-5,9,15H,6-7H2,1H3,(H,12,17)(H,14,16)/t9-/m0/s1. The molecule has 17 heavy (non-hydrogen) atoms. The number of nitrogens with one attached hydrogen (secondary N) is 2. The van der Waals surface area contributed by atoms with Crippen molar-refractivity contribution in [3.63, 3.8) is 0 Å². The van der Waals surface area contributed by atoms with Crippen LogP contribution in [-0.2, 0) is 16.0 Å². The Kier molecular flexibility index (Phi) is 5.09. The molecule has 6 heteroatoms. The Balaban J connectivity index is 2.70. The summed E-state index contributed by atoms with van der Waals surface area (Å²) in [5.74, 6) is -0.878. The molecule has 0 spiro atoms. The van der Waals surface area contributed by atoms with Crippen LogP contribution in [0, 0.1) is 0 Å². The van der Waals surface area contributed by atoms with E-state index in [9.17, 15) is 9.59 Å². The average Bonchev–Trinajstić information content (AvgIpc) is 2.38. The van der Waals surface area contributed by atoms with Crippen molar-refractivity contribution < 1.29 is 14.7 Å². The van der Waals surface area contributed by atoms with E-state index in [1.54, 1.807) is 24.5 Å². The van der Waals surface area contributed by atoms with Crippen molar-refractivity contribution in [3.05, 3.63) is 30.1 Å². The molecule has 1 atom stereocenters. The quantitative estimate of drug-likeness (QED) is 0.603. The third-order valence-corrected chi connectivity index (χ3v) is 2.23. The van der Waals surface area contributed by atoms with Gasteiger partial charge in [-0.1, -0.05) is 0 Å². The number of aliphatic hydroxyl groups excluding tert-OH is 1. The van der Waals surface area contributed by atoms with Crippen LogP contribution in [0.2, 0.25) is 0 Å². The molecule has 0 fully saturated rings. The Morgan fingerprint density at radius 3 is 2.59 bits per heavy atom. The second-order valence-electron chi connectivity index (χ2n) is 3.45. The van der Waals surface area contributed by atoms with Crippen LogP contribution in [0.4, 0.5) is 0 Å². The van der Waals surface area contributed by atoms with Gasteiger partial charge in [0, 0.05) is 25.9 Å². The van der Waals surface area contributed by atoms with Crippen LogP contribution in [0.15, 0.2) is 24.5 Å². The molecular weight excluding hydrogens is 222 g/mol. The van der Waals surface area contributed by atoms with Gasteiger partial charge < -0.3 is 15.7 Å². The number of likely N-dealkylation sites (N-methyl/N-ethyl adjacent to an activating group) is 1. The van der Waals surface area contributed by atoms with E-state index in [1.807, 2.05) is 0 Å². The zero-order chi connectivity index (χ0) is 12.7. The molecule has 1 rings (SSSR count). The molecule has 0 aliphatic heterocycles. The van der Waals surface area contributed by atoms with Gasteiger partial charge >= 0.3 is 0 Å². The molecule has 0 aliphatic rings. The van der Waals surface area contributed by atoms with Crippen molar-refractivity contribution in [2.24, 2.45) is 0 Å². The van der Waals surface area contributed by atoms with Crippen LogP contribution in [0.25, 0.3) is 0 Å². The van der Waals surface area contributed by atoms with Gasteiger partial charge in [0.15, 0.2) is 0 Å². The molecule has 0 aromatic carbocycles. The highest BCUT2D eigenvalue weighted by Crippen LogP contribution is 2.02. The summed E-state index contributed by atoms with van der Waals surface area (Å²) in [6.07, 6.45) is 3.59. The van der Waals surface area contributed by atoms with Crippen LogP contribution in [0.3, 0.4) is 0 Å². The number of nitrogens with zero attached hydrogens (tertiary/aromatic N) is 1. The van der Waals surface area contributed by atoms with Gasteiger partial charge in [0.2, 0.25) is 11.8 Å². The van der Waals surface area contributed by atoms with Crippen LogP contribution in [0.5, 0.6) is 0 Å². The lowest BCUT2D eigenvalue weighted by Crippen LogP contribution is -2.47. The molecule has 0 aliphatic carbocycles. The van der Waals surface area contributed by atoms with E-state index in [0.29, 0.717) is 6.42 Å². The second kappa shape index (κ2) is 6.59. The van der Waals surface area contributed by atoms with Crippen molar-refractivity contribution in [1.29, 1.82) is 0 Å². The maximum atomic E-state index is 11.5. The second-order valence-corrected chi connectivity index (χ2v) is 3.45. The molecule has 1 heterocycles. The van der Waals surface area contributed by atoms with Crippen molar-refractivity contribution in [2.45, 2.75) is 12.5 Å². The van der Waals surface area contributed by atoms with E-state index in [1.165, 1.54) is 7.05 Å². The first-order chi connectivity index (χ1) is 8.17. The number of aromatic nitrogens is 1. The SMILES string of the molecule is CNC(=O)[C@H](Cc1ccncc1)NC(=O)CO. The molecule has 0 bridgehead atoms. The van der Waals surface area contributed by atoms with Crippen LogP contribution >= 0.6 is 0 Å². The largest absolute Gasteiger partial charge is 0.387 e. The van der Waals surface area contributed by atoms with E-state index in [2.05, 4.69) is 15.6 Å². The highest BCUT2D eigenvalue weighted by molar-refractivity contribution is 5.88. The molecule has 2 amide bonds. The lowest BCUT2D eigenvalue weighted by molar-refractivity contribution is -0.130. The number of hydrogen-bond acceptors (Lipinski definition) is 4. The first-order valence-corrected chi connectivity index (χ1v) is 5.18. The van der Waals surface area contributed by atoms with Gasteiger partial charge in [-0.05, 0) is 17.7 Å². The summed E-state index contributed by atoms with van der Waals surface area (Å²) < 4.78 is 0. The van der Waals surface area contributed by atoms with Crippen molar-refractivity contribution >= 4 is 11.8 Å². The van der Waals surface area contributed by atoms with Gasteiger partial charge in [0.1, 0.15) is 12.6 Å². The third kappa shape index (κ3) is 4.20. The summed E-state index contributed by atoms with van der Waals surface area (Å²) in [4.78, 5) is 26.5. The number of amides is 2. The predicted octanol–water partition coefficient (Wildman–Crippen LogP) is -1.15. The molecule has 3 N–H and O–H groups in total. The topological polar surface area (TPSA) is 91.3 Å². The van der Waals surface area contributed by atoms with Crippen LogP contribution < -0.4 is 10.6 Å². The number of pyridine rings is 1. The fourth-order valence-corrected chi connectivity index (χ4v) is 1.38. The molecule has 0 saturated carbocycles. The third-order valence-electron chi connectivity index (χ3n) is 2.23. The molecule has 1 aromatic rings. The minimum absolute atomic E-state index is 0.302. The lowest BCUT2D eigenvalue weighted by Gasteiger charge is -2.16. The molecule has 92 valence electrons. The zero-order valence-corrected chi connectivity index (χ0v) is 9.51. The fraction of sp³-hybridized carbons (Fsp3) is 0.364. The Morgan fingerprint density at radius 2 is 2.06 bits per heavy atom. The number of aliphatic hydroxyl groups is 1. The average molecular weight is 237 g/mol. The Labute approximate surface area is 99.1 Å². The number of rotatable bonds is 5. The molecule has 0 radical (unpaired) electrons. The van der Waals surface area contributed by atoms with E-state index in [0.717, 1.165) is 5.56 Å². The normalized spacial score (nSPS) is 11.6. The summed E-state index contributed by atoms with van der Waals surface area (Å²) in [6, 6.07) is 2.84. The molecule has 0 saturated heterocycles. The zero-order valence-electron chi connectivity index (χ0n) is 9.51. The first kappa shape index (κ1) is 13.1. The van der Waals surface area contributed by atoms with Gasteiger partial charge in [-0.15, -0.1) is 0 Å². The van der Waals surface area contributed by atoms with Gasteiger partial charge in [0.25, 0.3) is 0 Å². The minimum Gasteiger partial charge on any atom is -0.387 e. The predicted molar refractivity (Wildman–Crippen MR) is 61.0 cm³/mol. The number of carbonyl (C=O) groups excluding carboxylic acids is 2. The van der Waals surface area contributed by atoms with Crippen LogP contribution in [-0.4, -0.2) is 41.6 Å². The van der Waals surface area contributed by atoms with Crippen LogP contribution in [0.1, 0.15) is 5.56 Å².